The number of hydrogen-bond donors (Lipinski definition) is 4. The minimum atomic E-state index is -1.59. The van der Waals surface area contributed by atoms with Gasteiger partial charge in [-0.1, -0.05) is 0 Å². The van der Waals surface area contributed by atoms with Crippen molar-refractivity contribution in [1.82, 2.24) is 0 Å². The zero-order chi connectivity index (χ0) is 19.0. The van der Waals surface area contributed by atoms with Crippen molar-refractivity contribution in [3.05, 3.63) is 23.3 Å². The van der Waals surface area contributed by atoms with E-state index >= 15 is 0 Å². The summed E-state index contributed by atoms with van der Waals surface area (Å²) in [4.78, 5) is 12.3. The van der Waals surface area contributed by atoms with Crippen LogP contribution in [0.4, 0.5) is 0 Å². The van der Waals surface area contributed by atoms with Gasteiger partial charge in [-0.15, -0.1) is 0 Å². The van der Waals surface area contributed by atoms with E-state index in [4.69, 9.17) is 18.9 Å². The van der Waals surface area contributed by atoms with Crippen molar-refractivity contribution in [1.29, 1.82) is 0 Å². The van der Waals surface area contributed by atoms with Crippen LogP contribution >= 0.6 is 0 Å². The normalized spacial score (nSPS) is 34.0. The first-order chi connectivity index (χ1) is 12.3. The van der Waals surface area contributed by atoms with Crippen LogP contribution in [0.15, 0.2) is 12.1 Å². The lowest BCUT2D eigenvalue weighted by atomic mass is 9.97. The lowest BCUT2D eigenvalue weighted by molar-refractivity contribution is -0.277. The van der Waals surface area contributed by atoms with Gasteiger partial charge in [0.1, 0.15) is 47.6 Å². The second-order valence-corrected chi connectivity index (χ2v) is 6.39. The Morgan fingerprint density at radius 1 is 1.19 bits per heavy atom. The van der Waals surface area contributed by atoms with Crippen LogP contribution in [-0.2, 0) is 15.9 Å². The van der Waals surface area contributed by atoms with E-state index in [-0.39, 0.29) is 17.4 Å². The summed E-state index contributed by atoms with van der Waals surface area (Å²) in [6.07, 6.45) is -7.04. The van der Waals surface area contributed by atoms with E-state index < -0.39 is 43.3 Å². The van der Waals surface area contributed by atoms with E-state index in [0.717, 1.165) is 0 Å². The Labute approximate surface area is 149 Å². The van der Waals surface area contributed by atoms with Crippen LogP contribution < -0.4 is 9.47 Å². The first-order valence-electron chi connectivity index (χ1n) is 8.24. The number of aliphatic hydroxyl groups is 4. The molecule has 1 aromatic rings. The van der Waals surface area contributed by atoms with E-state index in [1.54, 1.807) is 13.0 Å². The molecule has 9 heteroatoms. The van der Waals surface area contributed by atoms with Gasteiger partial charge in [0.05, 0.1) is 13.7 Å². The van der Waals surface area contributed by atoms with E-state index in [1.807, 2.05) is 0 Å². The Morgan fingerprint density at radius 2 is 1.92 bits per heavy atom. The number of hydrogen-bond acceptors (Lipinski definition) is 9. The van der Waals surface area contributed by atoms with Crippen molar-refractivity contribution in [2.24, 2.45) is 0 Å². The first-order valence-corrected chi connectivity index (χ1v) is 8.24. The van der Waals surface area contributed by atoms with Gasteiger partial charge in [-0.2, -0.15) is 0 Å². The molecule has 0 bridgehead atoms. The Hall–Kier alpha value is -1.91. The quantitative estimate of drug-likeness (QED) is 0.491. The molecule has 3 rings (SSSR count). The van der Waals surface area contributed by atoms with Gasteiger partial charge >= 0.3 is 5.97 Å². The van der Waals surface area contributed by atoms with Gasteiger partial charge in [0.15, 0.2) is 0 Å². The van der Waals surface area contributed by atoms with Crippen molar-refractivity contribution in [2.45, 2.75) is 50.2 Å². The van der Waals surface area contributed by atoms with Gasteiger partial charge < -0.3 is 39.4 Å². The lowest BCUT2D eigenvalue weighted by Crippen LogP contribution is -2.60. The van der Waals surface area contributed by atoms with Gasteiger partial charge in [-0.25, -0.2) is 4.79 Å². The third-order valence-electron chi connectivity index (χ3n) is 4.50. The van der Waals surface area contributed by atoms with Gasteiger partial charge in [-0.3, -0.25) is 0 Å². The van der Waals surface area contributed by atoms with Crippen LogP contribution in [0.25, 0.3) is 0 Å². The molecule has 1 aromatic carbocycles. The Kier molecular flexibility index (Phi) is 5.35. The van der Waals surface area contributed by atoms with Crippen LogP contribution in [0.1, 0.15) is 22.8 Å². The number of cyclic esters (lactones) is 1. The molecule has 6 atom stereocenters. The summed E-state index contributed by atoms with van der Waals surface area (Å²) in [5.41, 5.74) is 0.841. The van der Waals surface area contributed by atoms with Crippen LogP contribution in [0.2, 0.25) is 0 Å². The second kappa shape index (κ2) is 7.37. The molecule has 144 valence electrons. The van der Waals surface area contributed by atoms with E-state index in [2.05, 4.69) is 0 Å². The highest BCUT2D eigenvalue weighted by Crippen LogP contribution is 2.35. The number of esters is 1. The van der Waals surface area contributed by atoms with E-state index in [9.17, 15) is 25.2 Å². The maximum absolute atomic E-state index is 12.3. The number of fused-ring (bicyclic) bond motifs is 1. The van der Waals surface area contributed by atoms with Crippen LogP contribution in [0.3, 0.4) is 0 Å². The van der Waals surface area contributed by atoms with Crippen LogP contribution in [0, 0.1) is 0 Å². The molecule has 1 fully saturated rings. The predicted octanol–water partition coefficient (Wildman–Crippen LogP) is -1.02. The fraction of sp³-hybridized carbons (Fsp3) is 0.588. The molecule has 0 radical (unpaired) electrons. The van der Waals surface area contributed by atoms with Gasteiger partial charge in [0, 0.05) is 12.5 Å². The predicted molar refractivity (Wildman–Crippen MR) is 86.0 cm³/mol. The standard InChI is InChI=1S/C17H22O9/c1-7-3-8-4-9(23-2)5-10(12(8)16(22)24-7)25-17-15(21)14(20)13(19)11(6-18)26-17/h4-5,7,11,13-15,17-21H,3,6H2,1-2H3. The third-order valence-corrected chi connectivity index (χ3v) is 4.50. The minimum Gasteiger partial charge on any atom is -0.497 e. The molecule has 2 aliphatic rings. The van der Waals surface area contributed by atoms with Crippen molar-refractivity contribution in [2.75, 3.05) is 13.7 Å². The number of rotatable bonds is 4. The lowest BCUT2D eigenvalue weighted by Gasteiger charge is -2.40. The van der Waals surface area contributed by atoms with Crippen molar-refractivity contribution in [3.63, 3.8) is 0 Å². The fourth-order valence-electron chi connectivity index (χ4n) is 3.13. The van der Waals surface area contributed by atoms with Crippen LogP contribution in [-0.4, -0.2) is 76.9 Å². The molecule has 9 nitrogen and oxygen atoms in total. The molecular formula is C17H22O9. The molecule has 4 N–H and O–H groups in total. The molecule has 0 saturated carbocycles. The Balaban J connectivity index is 1.94. The maximum atomic E-state index is 12.3. The molecule has 0 aromatic heterocycles. The van der Waals surface area contributed by atoms with Gasteiger partial charge in [0.2, 0.25) is 6.29 Å². The average Bonchev–Trinajstić information content (AvgIpc) is 2.61. The SMILES string of the molecule is COc1cc2c(c(OC3OC(CO)C(O)C(O)C3O)c1)C(=O)OC(C)C2. The monoisotopic (exact) mass is 370 g/mol. The highest BCUT2D eigenvalue weighted by molar-refractivity contribution is 5.95. The molecule has 0 aliphatic carbocycles. The van der Waals surface area contributed by atoms with Gasteiger partial charge in [-0.05, 0) is 18.6 Å². The molecule has 6 unspecified atom stereocenters. The molecule has 2 aliphatic heterocycles. The van der Waals surface area contributed by atoms with Crippen molar-refractivity contribution >= 4 is 5.97 Å². The topological polar surface area (TPSA) is 135 Å². The van der Waals surface area contributed by atoms with E-state index in [1.165, 1.54) is 13.2 Å². The summed E-state index contributed by atoms with van der Waals surface area (Å²) >= 11 is 0. The highest BCUT2D eigenvalue weighted by Gasteiger charge is 2.45. The summed E-state index contributed by atoms with van der Waals surface area (Å²) in [7, 11) is 1.46. The summed E-state index contributed by atoms with van der Waals surface area (Å²) < 4.78 is 21.4. The number of methoxy groups -OCH3 is 1. The Morgan fingerprint density at radius 3 is 2.58 bits per heavy atom. The van der Waals surface area contributed by atoms with Gasteiger partial charge in [0.25, 0.3) is 0 Å². The zero-order valence-corrected chi connectivity index (χ0v) is 14.4. The number of carbonyl (C=O) groups is 1. The fourth-order valence-corrected chi connectivity index (χ4v) is 3.13. The zero-order valence-electron chi connectivity index (χ0n) is 14.4. The van der Waals surface area contributed by atoms with Crippen molar-refractivity contribution in [3.8, 4) is 11.5 Å². The summed E-state index contributed by atoms with van der Waals surface area (Å²) in [6, 6.07) is 3.14. The number of aliphatic hydroxyl groups excluding tert-OH is 4. The first kappa shape index (κ1) is 18.9. The van der Waals surface area contributed by atoms with Crippen molar-refractivity contribution < 1.29 is 44.2 Å². The highest BCUT2D eigenvalue weighted by atomic mass is 16.7. The Bertz CT molecular complexity index is 674. The minimum absolute atomic E-state index is 0.0561. The summed E-state index contributed by atoms with van der Waals surface area (Å²) in [5.74, 6) is -0.0909. The summed E-state index contributed by atoms with van der Waals surface area (Å²) in [5, 5.41) is 39.1. The molecule has 0 amide bonds. The molecule has 0 spiro atoms. The molecule has 2 heterocycles. The third kappa shape index (κ3) is 3.36. The molecular weight excluding hydrogens is 348 g/mol. The van der Waals surface area contributed by atoms with Crippen LogP contribution in [0.5, 0.6) is 11.5 Å². The molecule has 26 heavy (non-hydrogen) atoms. The molecule has 1 saturated heterocycles. The number of ether oxygens (including phenoxy) is 4. The van der Waals surface area contributed by atoms with E-state index in [0.29, 0.717) is 17.7 Å². The maximum Gasteiger partial charge on any atom is 0.342 e. The summed E-state index contributed by atoms with van der Waals surface area (Å²) in [6.45, 7) is 1.18. The number of benzene rings is 1. The largest absolute Gasteiger partial charge is 0.497 e. The average molecular weight is 370 g/mol. The second-order valence-electron chi connectivity index (χ2n) is 6.39. The smallest absolute Gasteiger partial charge is 0.342 e. The number of carbonyl (C=O) groups excluding carboxylic acids is 1.